The predicted octanol–water partition coefficient (Wildman–Crippen LogP) is 2.86. The molecule has 2 heterocycles. The highest BCUT2D eigenvalue weighted by atomic mass is 16.1. The van der Waals surface area contributed by atoms with Crippen molar-refractivity contribution in [3.63, 3.8) is 0 Å². The third-order valence-electron chi connectivity index (χ3n) is 3.40. The third kappa shape index (κ3) is 3.05. The Morgan fingerprint density at radius 1 is 1.24 bits per heavy atom. The second-order valence-electron chi connectivity index (χ2n) is 4.90. The van der Waals surface area contributed by atoms with Crippen molar-refractivity contribution in [1.82, 2.24) is 4.98 Å². The van der Waals surface area contributed by atoms with Crippen LogP contribution in [0.15, 0.2) is 48.8 Å². The summed E-state index contributed by atoms with van der Waals surface area (Å²) in [4.78, 5) is 27.5. The SMILES string of the molecule is O=C1CCc2cc(C(=O)C=Cc3cccnc3)ccc2N1. The Labute approximate surface area is 122 Å². The van der Waals surface area contributed by atoms with Gasteiger partial charge in [-0.3, -0.25) is 14.6 Å². The van der Waals surface area contributed by atoms with Gasteiger partial charge in [-0.15, -0.1) is 0 Å². The van der Waals surface area contributed by atoms with Gasteiger partial charge in [-0.05, 0) is 54.0 Å². The van der Waals surface area contributed by atoms with Crippen LogP contribution in [0.2, 0.25) is 0 Å². The van der Waals surface area contributed by atoms with Gasteiger partial charge in [-0.1, -0.05) is 6.07 Å². The minimum absolute atomic E-state index is 0.0260. The summed E-state index contributed by atoms with van der Waals surface area (Å²) < 4.78 is 0. The van der Waals surface area contributed by atoms with Crippen LogP contribution in [-0.4, -0.2) is 16.7 Å². The van der Waals surface area contributed by atoms with E-state index >= 15 is 0 Å². The Morgan fingerprint density at radius 3 is 2.95 bits per heavy atom. The van der Waals surface area contributed by atoms with Crippen LogP contribution in [0.25, 0.3) is 6.08 Å². The van der Waals surface area contributed by atoms with Crippen LogP contribution in [-0.2, 0) is 11.2 Å². The maximum Gasteiger partial charge on any atom is 0.224 e. The number of aromatic nitrogens is 1. The van der Waals surface area contributed by atoms with Gasteiger partial charge in [-0.25, -0.2) is 0 Å². The van der Waals surface area contributed by atoms with Crippen molar-refractivity contribution in [2.45, 2.75) is 12.8 Å². The summed E-state index contributed by atoms with van der Waals surface area (Å²) in [5.41, 5.74) is 3.33. The Balaban J connectivity index is 1.79. The van der Waals surface area contributed by atoms with E-state index in [1.807, 2.05) is 18.2 Å². The van der Waals surface area contributed by atoms with Crippen LogP contribution in [0.3, 0.4) is 0 Å². The molecule has 104 valence electrons. The second-order valence-corrected chi connectivity index (χ2v) is 4.90. The molecule has 4 nitrogen and oxygen atoms in total. The lowest BCUT2D eigenvalue weighted by Crippen LogP contribution is -2.19. The highest BCUT2D eigenvalue weighted by molar-refractivity contribution is 6.07. The lowest BCUT2D eigenvalue weighted by Gasteiger charge is -2.16. The van der Waals surface area contributed by atoms with E-state index < -0.39 is 0 Å². The van der Waals surface area contributed by atoms with Crippen molar-refractivity contribution < 1.29 is 9.59 Å². The summed E-state index contributed by atoms with van der Waals surface area (Å²) in [5, 5.41) is 2.81. The fourth-order valence-electron chi connectivity index (χ4n) is 2.28. The predicted molar refractivity (Wildman–Crippen MR) is 81.0 cm³/mol. The Bertz CT molecular complexity index is 721. The van der Waals surface area contributed by atoms with Crippen molar-refractivity contribution in [3.05, 3.63) is 65.5 Å². The second kappa shape index (κ2) is 5.71. The van der Waals surface area contributed by atoms with Gasteiger partial charge in [0.1, 0.15) is 0 Å². The summed E-state index contributed by atoms with van der Waals surface area (Å²) in [6, 6.07) is 9.09. The number of hydrogen-bond acceptors (Lipinski definition) is 3. The molecule has 0 fully saturated rings. The molecule has 1 aromatic heterocycles. The van der Waals surface area contributed by atoms with Crippen LogP contribution in [0, 0.1) is 0 Å². The van der Waals surface area contributed by atoms with E-state index in [0.717, 1.165) is 16.8 Å². The van der Waals surface area contributed by atoms with E-state index in [2.05, 4.69) is 10.3 Å². The first kappa shape index (κ1) is 13.2. The first-order valence-corrected chi connectivity index (χ1v) is 6.77. The van der Waals surface area contributed by atoms with E-state index in [1.54, 1.807) is 36.7 Å². The van der Waals surface area contributed by atoms with E-state index in [4.69, 9.17) is 0 Å². The molecule has 4 heteroatoms. The molecule has 1 aromatic carbocycles. The van der Waals surface area contributed by atoms with Gasteiger partial charge in [0.15, 0.2) is 5.78 Å². The van der Waals surface area contributed by atoms with Crippen LogP contribution in [0.5, 0.6) is 0 Å². The summed E-state index contributed by atoms with van der Waals surface area (Å²) >= 11 is 0. The number of anilines is 1. The summed E-state index contributed by atoms with van der Waals surface area (Å²) in [5.74, 6) is -0.0309. The van der Waals surface area contributed by atoms with Gasteiger partial charge >= 0.3 is 0 Å². The highest BCUT2D eigenvalue weighted by Gasteiger charge is 2.15. The molecule has 0 radical (unpaired) electrons. The largest absolute Gasteiger partial charge is 0.326 e. The van der Waals surface area contributed by atoms with Crippen molar-refractivity contribution in [3.8, 4) is 0 Å². The van der Waals surface area contributed by atoms with Crippen molar-refractivity contribution in [2.75, 3.05) is 5.32 Å². The number of rotatable bonds is 3. The third-order valence-corrected chi connectivity index (χ3v) is 3.40. The first-order chi connectivity index (χ1) is 10.2. The zero-order chi connectivity index (χ0) is 14.7. The van der Waals surface area contributed by atoms with E-state index in [1.165, 1.54) is 0 Å². The van der Waals surface area contributed by atoms with Crippen molar-refractivity contribution in [2.24, 2.45) is 0 Å². The van der Waals surface area contributed by atoms with Gasteiger partial charge < -0.3 is 5.32 Å². The molecule has 21 heavy (non-hydrogen) atoms. The van der Waals surface area contributed by atoms with E-state index in [9.17, 15) is 9.59 Å². The van der Waals surface area contributed by atoms with Gasteiger partial charge in [0, 0.05) is 30.1 Å². The molecule has 0 spiro atoms. The van der Waals surface area contributed by atoms with Crippen molar-refractivity contribution in [1.29, 1.82) is 0 Å². The Hall–Kier alpha value is -2.75. The first-order valence-electron chi connectivity index (χ1n) is 6.77. The highest BCUT2D eigenvalue weighted by Crippen LogP contribution is 2.23. The fraction of sp³-hybridized carbons (Fsp3) is 0.118. The average Bonchev–Trinajstić information content (AvgIpc) is 2.53. The fourth-order valence-corrected chi connectivity index (χ4v) is 2.28. The zero-order valence-corrected chi connectivity index (χ0v) is 11.4. The van der Waals surface area contributed by atoms with E-state index in [-0.39, 0.29) is 11.7 Å². The smallest absolute Gasteiger partial charge is 0.224 e. The van der Waals surface area contributed by atoms with Gasteiger partial charge in [0.2, 0.25) is 5.91 Å². The number of amides is 1. The van der Waals surface area contributed by atoms with E-state index in [0.29, 0.717) is 18.4 Å². The molecular formula is C17H14N2O2. The normalized spacial score (nSPS) is 13.8. The van der Waals surface area contributed by atoms with Crippen LogP contribution in [0.1, 0.15) is 27.9 Å². The molecule has 3 rings (SSSR count). The molecule has 1 aliphatic heterocycles. The molecule has 1 amide bonds. The summed E-state index contributed by atoms with van der Waals surface area (Å²) in [6.45, 7) is 0. The minimum atomic E-state index is -0.0569. The topological polar surface area (TPSA) is 59.1 Å². The molecular weight excluding hydrogens is 264 g/mol. The van der Waals surface area contributed by atoms with Crippen LogP contribution in [0.4, 0.5) is 5.69 Å². The molecule has 0 atom stereocenters. The number of allylic oxidation sites excluding steroid dienone is 1. The minimum Gasteiger partial charge on any atom is -0.326 e. The molecule has 1 N–H and O–H groups in total. The molecule has 0 aliphatic carbocycles. The monoisotopic (exact) mass is 278 g/mol. The molecule has 1 aliphatic rings. The summed E-state index contributed by atoms with van der Waals surface area (Å²) in [6.07, 6.45) is 7.82. The number of aryl methyl sites for hydroxylation is 1. The lowest BCUT2D eigenvalue weighted by atomic mass is 9.98. The zero-order valence-electron chi connectivity index (χ0n) is 11.4. The number of fused-ring (bicyclic) bond motifs is 1. The maximum absolute atomic E-state index is 12.2. The number of nitrogens with one attached hydrogen (secondary N) is 1. The number of benzene rings is 1. The maximum atomic E-state index is 12.2. The molecule has 0 bridgehead atoms. The molecule has 0 unspecified atom stereocenters. The van der Waals surface area contributed by atoms with Crippen LogP contribution < -0.4 is 5.32 Å². The lowest BCUT2D eigenvalue weighted by molar-refractivity contribution is -0.116. The van der Waals surface area contributed by atoms with Gasteiger partial charge in [0.25, 0.3) is 0 Å². The van der Waals surface area contributed by atoms with Crippen LogP contribution >= 0.6 is 0 Å². The number of nitrogens with zero attached hydrogens (tertiary/aromatic N) is 1. The molecule has 2 aromatic rings. The number of carbonyl (C=O) groups excluding carboxylic acids is 2. The number of carbonyl (C=O) groups is 2. The van der Waals surface area contributed by atoms with Gasteiger partial charge in [0.05, 0.1) is 0 Å². The average molecular weight is 278 g/mol. The quantitative estimate of drug-likeness (QED) is 0.693. The standard InChI is InChI=1S/C17H14N2O2/c20-16(7-3-12-2-1-9-18-11-12)14-4-6-15-13(10-14)5-8-17(21)19-15/h1-4,6-7,9-11H,5,8H2,(H,19,21). The Morgan fingerprint density at radius 2 is 2.14 bits per heavy atom. The van der Waals surface area contributed by atoms with Crippen molar-refractivity contribution >= 4 is 23.5 Å². The van der Waals surface area contributed by atoms with Gasteiger partial charge in [-0.2, -0.15) is 0 Å². The summed E-state index contributed by atoms with van der Waals surface area (Å²) in [7, 11) is 0. The molecule has 0 saturated carbocycles. The number of pyridine rings is 1. The Kier molecular flexibility index (Phi) is 3.60. The number of ketones is 1. The number of hydrogen-bond donors (Lipinski definition) is 1. The molecule has 0 saturated heterocycles.